The van der Waals surface area contributed by atoms with Crippen molar-refractivity contribution in [3.05, 3.63) is 27.1 Å². The Labute approximate surface area is 127 Å². The van der Waals surface area contributed by atoms with E-state index < -0.39 is 0 Å². The van der Waals surface area contributed by atoms with Gasteiger partial charge in [0.1, 0.15) is 5.01 Å². The molecule has 0 saturated carbocycles. The second-order valence-corrected chi connectivity index (χ2v) is 6.66. The summed E-state index contributed by atoms with van der Waals surface area (Å²) in [6, 6.07) is 1.72. The summed E-state index contributed by atoms with van der Waals surface area (Å²) in [5, 5.41) is 14.7. The predicted molar refractivity (Wildman–Crippen MR) is 81.6 cm³/mol. The summed E-state index contributed by atoms with van der Waals surface area (Å²) in [4.78, 5) is 19.5. The van der Waals surface area contributed by atoms with Gasteiger partial charge in [-0.3, -0.25) is 9.69 Å². The lowest BCUT2D eigenvalue weighted by Crippen LogP contribution is -2.35. The molecule has 7 heteroatoms. The van der Waals surface area contributed by atoms with Gasteiger partial charge in [0.2, 0.25) is 4.96 Å². The van der Waals surface area contributed by atoms with Gasteiger partial charge in [0.25, 0.3) is 5.56 Å². The van der Waals surface area contributed by atoms with Gasteiger partial charge in [-0.1, -0.05) is 25.2 Å². The SMILES string of the molecule is CCc1nn2c(=O)cc(CN3CCC(C)C3CO)nc2s1. The van der Waals surface area contributed by atoms with E-state index in [2.05, 4.69) is 21.9 Å². The Morgan fingerprint density at radius 3 is 3.05 bits per heavy atom. The molecule has 3 rings (SSSR count). The highest BCUT2D eigenvalue weighted by Gasteiger charge is 2.30. The topological polar surface area (TPSA) is 70.7 Å². The Bertz CT molecular complexity index is 696. The third kappa shape index (κ3) is 2.73. The first-order valence-electron chi connectivity index (χ1n) is 7.36. The van der Waals surface area contributed by atoms with Gasteiger partial charge in [0.15, 0.2) is 0 Å². The van der Waals surface area contributed by atoms with Crippen LogP contribution in [-0.2, 0) is 13.0 Å². The van der Waals surface area contributed by atoms with E-state index in [1.807, 2.05) is 6.92 Å². The summed E-state index contributed by atoms with van der Waals surface area (Å²) in [5.41, 5.74) is 0.637. The van der Waals surface area contributed by atoms with Crippen LogP contribution in [0.1, 0.15) is 31.0 Å². The minimum absolute atomic E-state index is 0.126. The first kappa shape index (κ1) is 14.6. The minimum atomic E-state index is -0.126. The maximum atomic E-state index is 12.1. The van der Waals surface area contributed by atoms with E-state index in [1.165, 1.54) is 15.9 Å². The first-order valence-corrected chi connectivity index (χ1v) is 8.17. The van der Waals surface area contributed by atoms with Gasteiger partial charge in [0.05, 0.1) is 12.3 Å². The van der Waals surface area contributed by atoms with Gasteiger partial charge in [-0.2, -0.15) is 9.61 Å². The maximum Gasteiger partial charge on any atom is 0.275 e. The normalized spacial score (nSPS) is 23.2. The molecule has 0 amide bonds. The highest BCUT2D eigenvalue weighted by molar-refractivity contribution is 7.16. The third-order valence-corrected chi connectivity index (χ3v) is 5.24. The van der Waals surface area contributed by atoms with Crippen molar-refractivity contribution in [2.24, 2.45) is 5.92 Å². The molecule has 1 aliphatic rings. The van der Waals surface area contributed by atoms with Crippen LogP contribution in [0, 0.1) is 5.92 Å². The smallest absolute Gasteiger partial charge is 0.275 e. The van der Waals surface area contributed by atoms with Crippen molar-refractivity contribution < 1.29 is 5.11 Å². The number of aliphatic hydroxyl groups is 1. The molecule has 21 heavy (non-hydrogen) atoms. The molecule has 1 N–H and O–H groups in total. The third-order valence-electron chi connectivity index (χ3n) is 4.19. The lowest BCUT2D eigenvalue weighted by atomic mass is 10.0. The van der Waals surface area contributed by atoms with E-state index >= 15 is 0 Å². The maximum absolute atomic E-state index is 12.1. The average Bonchev–Trinajstić information content (AvgIpc) is 3.03. The Hall–Kier alpha value is -1.31. The number of hydrogen-bond donors (Lipinski definition) is 1. The number of aliphatic hydroxyl groups excluding tert-OH is 1. The number of fused-ring (bicyclic) bond motifs is 1. The predicted octanol–water partition coefficient (Wildman–Crippen LogP) is 0.916. The van der Waals surface area contributed by atoms with E-state index in [-0.39, 0.29) is 18.2 Å². The largest absolute Gasteiger partial charge is 0.395 e. The fraction of sp³-hybridized carbons (Fsp3) is 0.643. The summed E-state index contributed by atoms with van der Waals surface area (Å²) in [6.45, 7) is 5.88. The summed E-state index contributed by atoms with van der Waals surface area (Å²) in [6.07, 6.45) is 1.88. The van der Waals surface area contributed by atoms with Crippen LogP contribution in [0.15, 0.2) is 10.9 Å². The number of likely N-dealkylation sites (tertiary alicyclic amines) is 1. The number of aromatic nitrogens is 3. The second kappa shape index (κ2) is 5.82. The molecule has 1 aliphatic heterocycles. The number of rotatable bonds is 4. The van der Waals surface area contributed by atoms with Crippen LogP contribution in [0.25, 0.3) is 4.96 Å². The van der Waals surface area contributed by atoms with Gasteiger partial charge in [-0.15, -0.1) is 0 Å². The average molecular weight is 308 g/mol. The van der Waals surface area contributed by atoms with E-state index in [9.17, 15) is 9.90 Å². The van der Waals surface area contributed by atoms with Crippen LogP contribution in [0.5, 0.6) is 0 Å². The molecule has 2 aromatic heterocycles. The molecule has 2 aromatic rings. The van der Waals surface area contributed by atoms with E-state index in [4.69, 9.17) is 0 Å². The lowest BCUT2D eigenvalue weighted by molar-refractivity contribution is 0.133. The molecule has 2 atom stereocenters. The summed E-state index contributed by atoms with van der Waals surface area (Å²) in [7, 11) is 0. The molecule has 0 aliphatic carbocycles. The van der Waals surface area contributed by atoms with Gasteiger partial charge in [0, 0.05) is 18.7 Å². The molecular weight excluding hydrogens is 288 g/mol. The Balaban J connectivity index is 1.89. The van der Waals surface area contributed by atoms with E-state index in [1.54, 1.807) is 6.07 Å². The zero-order valence-electron chi connectivity index (χ0n) is 12.3. The standard InChI is InChI=1S/C14H20N4O2S/c1-3-12-16-18-13(20)6-10(15-14(18)21-12)7-17-5-4-9(2)11(17)8-19/h6,9,11,19H,3-5,7-8H2,1-2H3. The Morgan fingerprint density at radius 2 is 2.33 bits per heavy atom. The van der Waals surface area contributed by atoms with Gasteiger partial charge in [-0.25, -0.2) is 4.98 Å². The molecule has 0 spiro atoms. The van der Waals surface area contributed by atoms with Crippen molar-refractivity contribution in [3.63, 3.8) is 0 Å². The zero-order valence-corrected chi connectivity index (χ0v) is 13.1. The fourth-order valence-electron chi connectivity index (χ4n) is 2.91. The van der Waals surface area contributed by atoms with Crippen LogP contribution < -0.4 is 5.56 Å². The molecule has 6 nitrogen and oxygen atoms in total. The molecule has 1 saturated heterocycles. The molecule has 0 aromatic carbocycles. The molecule has 1 fully saturated rings. The highest BCUT2D eigenvalue weighted by Crippen LogP contribution is 2.25. The Morgan fingerprint density at radius 1 is 1.52 bits per heavy atom. The number of aryl methyl sites for hydroxylation is 1. The van der Waals surface area contributed by atoms with Gasteiger partial charge < -0.3 is 5.11 Å². The minimum Gasteiger partial charge on any atom is -0.395 e. The molecule has 2 unspecified atom stereocenters. The highest BCUT2D eigenvalue weighted by atomic mass is 32.1. The van der Waals surface area contributed by atoms with Crippen LogP contribution in [0.3, 0.4) is 0 Å². The van der Waals surface area contributed by atoms with E-state index in [0.29, 0.717) is 17.4 Å². The fourth-order valence-corrected chi connectivity index (χ4v) is 3.76. The zero-order chi connectivity index (χ0) is 15.0. The molecule has 0 bridgehead atoms. The monoisotopic (exact) mass is 308 g/mol. The first-order chi connectivity index (χ1) is 10.1. The molecular formula is C14H20N4O2S. The van der Waals surface area contributed by atoms with Crippen molar-refractivity contribution in [1.82, 2.24) is 19.5 Å². The Kier molecular flexibility index (Phi) is 4.05. The molecule has 0 radical (unpaired) electrons. The van der Waals surface area contributed by atoms with Crippen molar-refractivity contribution in [2.45, 2.75) is 39.3 Å². The number of hydrogen-bond acceptors (Lipinski definition) is 6. The summed E-state index contributed by atoms with van der Waals surface area (Å²) < 4.78 is 1.38. The summed E-state index contributed by atoms with van der Waals surface area (Å²) >= 11 is 1.46. The van der Waals surface area contributed by atoms with Crippen molar-refractivity contribution >= 4 is 16.3 Å². The number of nitrogens with zero attached hydrogens (tertiary/aromatic N) is 4. The lowest BCUT2D eigenvalue weighted by Gasteiger charge is -2.24. The molecule has 114 valence electrons. The van der Waals surface area contributed by atoms with Crippen molar-refractivity contribution in [1.29, 1.82) is 0 Å². The molecule has 3 heterocycles. The van der Waals surface area contributed by atoms with Crippen LogP contribution >= 0.6 is 11.3 Å². The quantitative estimate of drug-likeness (QED) is 0.909. The van der Waals surface area contributed by atoms with Crippen LogP contribution in [-0.4, -0.2) is 43.8 Å². The van der Waals surface area contributed by atoms with Gasteiger partial charge >= 0.3 is 0 Å². The van der Waals surface area contributed by atoms with Crippen molar-refractivity contribution in [2.75, 3.05) is 13.2 Å². The second-order valence-electron chi connectivity index (χ2n) is 5.62. The van der Waals surface area contributed by atoms with Gasteiger partial charge in [-0.05, 0) is 25.3 Å². The van der Waals surface area contributed by atoms with Crippen LogP contribution in [0.4, 0.5) is 0 Å². The van der Waals surface area contributed by atoms with Crippen LogP contribution in [0.2, 0.25) is 0 Å². The van der Waals surface area contributed by atoms with Crippen molar-refractivity contribution in [3.8, 4) is 0 Å². The van der Waals surface area contributed by atoms with E-state index in [0.717, 1.165) is 30.1 Å². The summed E-state index contributed by atoms with van der Waals surface area (Å²) in [5.74, 6) is 0.481.